The van der Waals surface area contributed by atoms with E-state index in [2.05, 4.69) is 5.32 Å². The lowest BCUT2D eigenvalue weighted by Gasteiger charge is -2.10. The zero-order valence-electron chi connectivity index (χ0n) is 8.81. The average Bonchev–Trinajstić information content (AvgIpc) is 2.25. The van der Waals surface area contributed by atoms with Gasteiger partial charge in [-0.05, 0) is 12.5 Å². The summed E-state index contributed by atoms with van der Waals surface area (Å²) < 4.78 is 13.0. The SMILES string of the molecule is CCC(O)CNc1cc(F)cc([N+](=O)[O-])c1. The quantitative estimate of drug-likeness (QED) is 0.596. The van der Waals surface area contributed by atoms with Crippen molar-refractivity contribution in [3.8, 4) is 0 Å². The summed E-state index contributed by atoms with van der Waals surface area (Å²) in [5.74, 6) is -0.678. The summed E-state index contributed by atoms with van der Waals surface area (Å²) in [6.07, 6.45) is 0.00653. The molecule has 0 saturated heterocycles. The molecule has 0 aliphatic rings. The number of nitro benzene ring substituents is 1. The van der Waals surface area contributed by atoms with Crippen molar-refractivity contribution in [3.63, 3.8) is 0 Å². The Balaban J connectivity index is 2.76. The molecule has 0 spiro atoms. The Kier molecular flexibility index (Phi) is 4.19. The largest absolute Gasteiger partial charge is 0.391 e. The van der Waals surface area contributed by atoms with Crippen LogP contribution in [0.3, 0.4) is 0 Å². The number of hydrogen-bond acceptors (Lipinski definition) is 4. The van der Waals surface area contributed by atoms with Crippen LogP contribution >= 0.6 is 0 Å². The highest BCUT2D eigenvalue weighted by Gasteiger charge is 2.10. The van der Waals surface area contributed by atoms with Gasteiger partial charge in [-0.3, -0.25) is 10.1 Å². The first-order valence-electron chi connectivity index (χ1n) is 4.90. The minimum absolute atomic E-state index is 0.233. The van der Waals surface area contributed by atoms with E-state index in [0.29, 0.717) is 12.1 Å². The lowest BCUT2D eigenvalue weighted by Crippen LogP contribution is -2.18. The molecule has 16 heavy (non-hydrogen) atoms. The number of nitro groups is 1. The van der Waals surface area contributed by atoms with Crippen LogP contribution in [0.5, 0.6) is 0 Å². The molecule has 0 aromatic heterocycles. The zero-order chi connectivity index (χ0) is 12.1. The average molecular weight is 228 g/mol. The molecule has 88 valence electrons. The zero-order valence-corrected chi connectivity index (χ0v) is 8.81. The van der Waals surface area contributed by atoms with Gasteiger partial charge in [-0.1, -0.05) is 6.92 Å². The summed E-state index contributed by atoms with van der Waals surface area (Å²) in [6.45, 7) is 2.04. The van der Waals surface area contributed by atoms with Crippen LogP contribution in [0, 0.1) is 15.9 Å². The van der Waals surface area contributed by atoms with E-state index in [0.717, 1.165) is 12.1 Å². The minimum atomic E-state index is -0.678. The van der Waals surface area contributed by atoms with Crippen molar-refractivity contribution in [2.24, 2.45) is 0 Å². The molecule has 1 atom stereocenters. The summed E-state index contributed by atoms with van der Waals surface area (Å²) in [4.78, 5) is 9.80. The van der Waals surface area contributed by atoms with E-state index in [1.54, 1.807) is 6.92 Å². The van der Waals surface area contributed by atoms with Gasteiger partial charge in [0.15, 0.2) is 0 Å². The topological polar surface area (TPSA) is 75.4 Å². The molecule has 1 aromatic carbocycles. The van der Waals surface area contributed by atoms with Crippen LogP contribution < -0.4 is 5.32 Å². The second-order valence-corrected chi connectivity index (χ2v) is 3.40. The lowest BCUT2D eigenvalue weighted by molar-refractivity contribution is -0.385. The van der Waals surface area contributed by atoms with Gasteiger partial charge in [-0.25, -0.2) is 4.39 Å². The third kappa shape index (κ3) is 3.47. The summed E-state index contributed by atoms with van der Waals surface area (Å²) >= 11 is 0. The van der Waals surface area contributed by atoms with Crippen LogP contribution in [0.15, 0.2) is 18.2 Å². The molecule has 1 aromatic rings. The number of anilines is 1. The monoisotopic (exact) mass is 228 g/mol. The molecule has 0 radical (unpaired) electrons. The van der Waals surface area contributed by atoms with Gasteiger partial charge in [-0.15, -0.1) is 0 Å². The number of halogens is 1. The third-order valence-corrected chi connectivity index (χ3v) is 2.11. The van der Waals surface area contributed by atoms with Crippen molar-refractivity contribution < 1.29 is 14.4 Å². The van der Waals surface area contributed by atoms with Crippen molar-refractivity contribution in [1.29, 1.82) is 0 Å². The van der Waals surface area contributed by atoms with Gasteiger partial charge in [-0.2, -0.15) is 0 Å². The normalized spacial score (nSPS) is 12.2. The molecule has 2 N–H and O–H groups in total. The predicted molar refractivity (Wildman–Crippen MR) is 57.8 cm³/mol. The van der Waals surface area contributed by atoms with Gasteiger partial charge in [0.2, 0.25) is 0 Å². The van der Waals surface area contributed by atoms with Crippen LogP contribution in [0.1, 0.15) is 13.3 Å². The number of rotatable bonds is 5. The van der Waals surface area contributed by atoms with E-state index in [1.807, 2.05) is 0 Å². The van der Waals surface area contributed by atoms with Crippen LogP contribution in [-0.4, -0.2) is 22.7 Å². The van der Waals surface area contributed by atoms with Crippen molar-refractivity contribution in [1.82, 2.24) is 0 Å². The van der Waals surface area contributed by atoms with Crippen molar-refractivity contribution in [3.05, 3.63) is 34.1 Å². The second-order valence-electron chi connectivity index (χ2n) is 3.40. The van der Waals surface area contributed by atoms with Crippen molar-refractivity contribution in [2.45, 2.75) is 19.4 Å². The number of benzene rings is 1. The first kappa shape index (κ1) is 12.4. The maximum Gasteiger partial charge on any atom is 0.274 e. The first-order valence-corrected chi connectivity index (χ1v) is 4.90. The van der Waals surface area contributed by atoms with Crippen LogP contribution in [0.25, 0.3) is 0 Å². The molecule has 0 aliphatic heterocycles. The van der Waals surface area contributed by atoms with E-state index < -0.39 is 16.8 Å². The number of aliphatic hydroxyl groups excluding tert-OH is 1. The van der Waals surface area contributed by atoms with Gasteiger partial charge in [0, 0.05) is 18.3 Å². The Morgan fingerprint density at radius 3 is 2.81 bits per heavy atom. The highest BCUT2D eigenvalue weighted by Crippen LogP contribution is 2.19. The van der Waals surface area contributed by atoms with E-state index in [4.69, 9.17) is 0 Å². The molecule has 0 saturated carbocycles. The van der Waals surface area contributed by atoms with Crippen LogP contribution in [0.4, 0.5) is 15.8 Å². The van der Waals surface area contributed by atoms with E-state index in [9.17, 15) is 19.6 Å². The first-order chi connectivity index (χ1) is 7.52. The fourth-order valence-corrected chi connectivity index (χ4v) is 1.16. The van der Waals surface area contributed by atoms with E-state index >= 15 is 0 Å². The molecule has 5 nitrogen and oxygen atoms in total. The molecule has 0 heterocycles. The maximum atomic E-state index is 13.0. The second kappa shape index (κ2) is 5.41. The number of non-ortho nitro benzene ring substituents is 1. The fourth-order valence-electron chi connectivity index (χ4n) is 1.16. The summed E-state index contributed by atoms with van der Waals surface area (Å²) in [7, 11) is 0. The summed E-state index contributed by atoms with van der Waals surface area (Å²) in [5.41, 5.74) is -0.0207. The van der Waals surface area contributed by atoms with E-state index in [-0.39, 0.29) is 12.2 Å². The van der Waals surface area contributed by atoms with Gasteiger partial charge in [0.25, 0.3) is 5.69 Å². The Labute approximate surface area is 92.1 Å². The van der Waals surface area contributed by atoms with E-state index in [1.165, 1.54) is 6.07 Å². The Morgan fingerprint density at radius 2 is 2.25 bits per heavy atom. The molecule has 0 fully saturated rings. The molecular weight excluding hydrogens is 215 g/mol. The number of nitrogens with one attached hydrogen (secondary N) is 1. The molecule has 6 heteroatoms. The van der Waals surface area contributed by atoms with Gasteiger partial charge in [0.05, 0.1) is 17.1 Å². The molecular formula is C10H13FN2O3. The minimum Gasteiger partial charge on any atom is -0.391 e. The molecule has 0 aliphatic carbocycles. The van der Waals surface area contributed by atoms with Crippen LogP contribution in [0.2, 0.25) is 0 Å². The molecule has 0 amide bonds. The summed E-state index contributed by atoms with van der Waals surface area (Å²) in [5, 5.41) is 22.5. The molecule has 1 rings (SSSR count). The van der Waals surface area contributed by atoms with Gasteiger partial charge in [0.1, 0.15) is 5.82 Å². The van der Waals surface area contributed by atoms with Crippen molar-refractivity contribution >= 4 is 11.4 Å². The Morgan fingerprint density at radius 1 is 1.56 bits per heavy atom. The van der Waals surface area contributed by atoms with Gasteiger partial charge < -0.3 is 10.4 Å². The Bertz CT molecular complexity index is 384. The number of aliphatic hydroxyl groups is 1. The maximum absolute atomic E-state index is 13.0. The van der Waals surface area contributed by atoms with Crippen LogP contribution in [-0.2, 0) is 0 Å². The smallest absolute Gasteiger partial charge is 0.274 e. The Hall–Kier alpha value is -1.69. The van der Waals surface area contributed by atoms with Gasteiger partial charge >= 0.3 is 0 Å². The highest BCUT2D eigenvalue weighted by molar-refractivity contribution is 5.51. The number of hydrogen-bond donors (Lipinski definition) is 2. The number of nitrogens with zero attached hydrogens (tertiary/aromatic N) is 1. The highest BCUT2D eigenvalue weighted by atomic mass is 19.1. The third-order valence-electron chi connectivity index (χ3n) is 2.11. The standard InChI is InChI=1S/C10H13FN2O3/c1-2-10(14)6-12-8-3-7(11)4-9(5-8)13(15)16/h3-5,10,12,14H,2,6H2,1H3. The fraction of sp³-hybridized carbons (Fsp3) is 0.400. The lowest BCUT2D eigenvalue weighted by atomic mass is 10.2. The summed E-state index contributed by atoms with van der Waals surface area (Å²) in [6, 6.07) is 3.22. The van der Waals surface area contributed by atoms with Crippen molar-refractivity contribution in [2.75, 3.05) is 11.9 Å². The predicted octanol–water partition coefficient (Wildman–Crippen LogP) is 1.92. The molecule has 0 bridgehead atoms. The molecule has 1 unspecified atom stereocenters.